The molecule has 1 atom stereocenters. The van der Waals surface area contributed by atoms with Crippen LogP contribution >= 0.6 is 0 Å². The molecule has 0 saturated carbocycles. The first-order chi connectivity index (χ1) is 15.0. The minimum absolute atomic E-state index is 0.0641. The maximum atomic E-state index is 13.4. The van der Waals surface area contributed by atoms with Gasteiger partial charge in [-0.15, -0.1) is 0 Å². The predicted octanol–water partition coefficient (Wildman–Crippen LogP) is 3.71. The molecule has 1 unspecified atom stereocenters. The van der Waals surface area contributed by atoms with Crippen LogP contribution in [0, 0.1) is 13.8 Å². The molecule has 0 aliphatic carbocycles. The van der Waals surface area contributed by atoms with Gasteiger partial charge in [-0.05, 0) is 62.6 Å². The van der Waals surface area contributed by atoms with Crippen LogP contribution in [0.5, 0.6) is 5.75 Å². The van der Waals surface area contributed by atoms with Gasteiger partial charge in [0.25, 0.3) is 5.91 Å². The monoisotopic (exact) mass is 420 g/mol. The third-order valence-corrected chi connectivity index (χ3v) is 5.46. The standard InChI is InChI=1S/C24H28N4O3/c1-17-12-18(2)28(26-17)23-10-9-20(14-25-23)24(29)27(16-22-8-5-11-31-22)15-19-6-4-7-21(13-19)30-3/h4,6-7,9-10,12-14,22H,5,8,11,15-16H2,1-3H3. The van der Waals surface area contributed by atoms with E-state index in [9.17, 15) is 4.79 Å². The van der Waals surface area contributed by atoms with Gasteiger partial charge in [-0.1, -0.05) is 12.1 Å². The lowest BCUT2D eigenvalue weighted by atomic mass is 10.1. The summed E-state index contributed by atoms with van der Waals surface area (Å²) in [5.74, 6) is 1.41. The van der Waals surface area contributed by atoms with Crippen molar-refractivity contribution in [1.82, 2.24) is 19.7 Å². The molecule has 1 amide bonds. The van der Waals surface area contributed by atoms with E-state index < -0.39 is 0 Å². The Bertz CT molecular complexity index is 1040. The third kappa shape index (κ3) is 4.94. The van der Waals surface area contributed by atoms with Gasteiger partial charge in [0.2, 0.25) is 0 Å². The van der Waals surface area contributed by atoms with E-state index in [2.05, 4.69) is 10.1 Å². The molecule has 3 heterocycles. The zero-order chi connectivity index (χ0) is 21.8. The Kier molecular flexibility index (Phi) is 6.32. The van der Waals surface area contributed by atoms with Crippen molar-refractivity contribution in [2.24, 2.45) is 0 Å². The fourth-order valence-electron chi connectivity index (χ4n) is 3.93. The Morgan fingerprint density at radius 2 is 2.13 bits per heavy atom. The van der Waals surface area contributed by atoms with Crippen LogP contribution in [0.25, 0.3) is 5.82 Å². The molecule has 162 valence electrons. The number of benzene rings is 1. The number of aryl methyl sites for hydroxylation is 2. The summed E-state index contributed by atoms with van der Waals surface area (Å²) in [6, 6.07) is 13.4. The number of carbonyl (C=O) groups is 1. The summed E-state index contributed by atoms with van der Waals surface area (Å²) < 4.78 is 12.9. The van der Waals surface area contributed by atoms with E-state index >= 15 is 0 Å². The van der Waals surface area contributed by atoms with E-state index in [0.29, 0.717) is 24.5 Å². The molecule has 4 rings (SSSR count). The number of ether oxygens (including phenoxy) is 2. The van der Waals surface area contributed by atoms with E-state index in [1.54, 1.807) is 18.0 Å². The van der Waals surface area contributed by atoms with Gasteiger partial charge in [0, 0.05) is 31.6 Å². The lowest BCUT2D eigenvalue weighted by molar-refractivity contribution is 0.0507. The summed E-state index contributed by atoms with van der Waals surface area (Å²) in [5, 5.41) is 4.46. The number of carbonyl (C=O) groups excluding carboxylic acids is 1. The predicted molar refractivity (Wildman–Crippen MR) is 118 cm³/mol. The van der Waals surface area contributed by atoms with Crippen LogP contribution in [-0.2, 0) is 11.3 Å². The summed E-state index contributed by atoms with van der Waals surface area (Å²) in [6.45, 7) is 5.72. The maximum Gasteiger partial charge on any atom is 0.255 e. The number of hydrogen-bond donors (Lipinski definition) is 0. The largest absolute Gasteiger partial charge is 0.497 e. The lowest BCUT2D eigenvalue weighted by Gasteiger charge is -2.26. The van der Waals surface area contributed by atoms with Gasteiger partial charge in [0.15, 0.2) is 5.82 Å². The second-order valence-electron chi connectivity index (χ2n) is 7.92. The summed E-state index contributed by atoms with van der Waals surface area (Å²) in [6.07, 6.45) is 3.70. The molecule has 7 heteroatoms. The average Bonchev–Trinajstić information content (AvgIpc) is 3.42. The topological polar surface area (TPSA) is 69.5 Å². The smallest absolute Gasteiger partial charge is 0.255 e. The molecule has 0 bridgehead atoms. The van der Waals surface area contributed by atoms with Crippen LogP contribution in [0.2, 0.25) is 0 Å². The van der Waals surface area contributed by atoms with Crippen molar-refractivity contribution < 1.29 is 14.3 Å². The van der Waals surface area contributed by atoms with Crippen LogP contribution < -0.4 is 4.74 Å². The number of pyridine rings is 1. The van der Waals surface area contributed by atoms with Crippen molar-refractivity contribution in [3.63, 3.8) is 0 Å². The molecule has 31 heavy (non-hydrogen) atoms. The SMILES string of the molecule is COc1cccc(CN(CC2CCCO2)C(=O)c2ccc(-n3nc(C)cc3C)nc2)c1. The van der Waals surface area contributed by atoms with Crippen molar-refractivity contribution in [1.29, 1.82) is 0 Å². The number of methoxy groups -OCH3 is 1. The quantitative estimate of drug-likeness (QED) is 0.583. The molecule has 3 aromatic rings. The molecular weight excluding hydrogens is 392 g/mol. The first-order valence-corrected chi connectivity index (χ1v) is 10.6. The highest BCUT2D eigenvalue weighted by Gasteiger charge is 2.24. The van der Waals surface area contributed by atoms with Gasteiger partial charge in [-0.25, -0.2) is 9.67 Å². The normalized spacial score (nSPS) is 15.8. The van der Waals surface area contributed by atoms with Crippen molar-refractivity contribution >= 4 is 5.91 Å². The Labute approximate surface area is 182 Å². The molecule has 7 nitrogen and oxygen atoms in total. The van der Waals surface area contributed by atoms with Gasteiger partial charge in [0.05, 0.1) is 24.5 Å². The average molecular weight is 421 g/mol. The summed E-state index contributed by atoms with van der Waals surface area (Å²) in [7, 11) is 1.64. The van der Waals surface area contributed by atoms with Crippen LogP contribution in [0.1, 0.15) is 40.2 Å². The van der Waals surface area contributed by atoms with Gasteiger partial charge < -0.3 is 14.4 Å². The van der Waals surface area contributed by atoms with Gasteiger partial charge in [-0.3, -0.25) is 4.79 Å². The first kappa shape index (κ1) is 21.1. The number of aromatic nitrogens is 3. The summed E-state index contributed by atoms with van der Waals surface area (Å²) in [5.41, 5.74) is 3.49. The van der Waals surface area contributed by atoms with Crippen LogP contribution in [0.4, 0.5) is 0 Å². The molecule has 1 aliphatic heterocycles. The minimum atomic E-state index is -0.0641. The Hall–Kier alpha value is -3.19. The van der Waals surface area contributed by atoms with E-state index in [-0.39, 0.29) is 12.0 Å². The Balaban J connectivity index is 1.56. The zero-order valence-electron chi connectivity index (χ0n) is 18.2. The number of amides is 1. The molecule has 2 aromatic heterocycles. The second kappa shape index (κ2) is 9.31. The maximum absolute atomic E-state index is 13.4. The van der Waals surface area contributed by atoms with E-state index in [0.717, 1.165) is 42.1 Å². The van der Waals surface area contributed by atoms with Gasteiger partial charge in [-0.2, -0.15) is 5.10 Å². The second-order valence-corrected chi connectivity index (χ2v) is 7.92. The summed E-state index contributed by atoms with van der Waals surface area (Å²) in [4.78, 5) is 19.7. The van der Waals surface area contributed by atoms with E-state index in [1.165, 1.54) is 0 Å². The molecule has 1 aliphatic rings. The highest BCUT2D eigenvalue weighted by atomic mass is 16.5. The molecular formula is C24H28N4O3. The van der Waals surface area contributed by atoms with Crippen molar-refractivity contribution in [2.75, 3.05) is 20.3 Å². The lowest BCUT2D eigenvalue weighted by Crippen LogP contribution is -2.37. The van der Waals surface area contributed by atoms with Crippen LogP contribution in [0.15, 0.2) is 48.7 Å². The van der Waals surface area contributed by atoms with Crippen LogP contribution in [0.3, 0.4) is 0 Å². The molecule has 1 saturated heterocycles. The van der Waals surface area contributed by atoms with Gasteiger partial charge >= 0.3 is 0 Å². The third-order valence-electron chi connectivity index (χ3n) is 5.46. The fourth-order valence-corrected chi connectivity index (χ4v) is 3.93. The number of rotatable bonds is 7. The van der Waals surface area contributed by atoms with Crippen LogP contribution in [-0.4, -0.2) is 51.9 Å². The molecule has 0 spiro atoms. The van der Waals surface area contributed by atoms with Crippen molar-refractivity contribution in [3.8, 4) is 11.6 Å². The summed E-state index contributed by atoms with van der Waals surface area (Å²) >= 11 is 0. The van der Waals surface area contributed by atoms with E-state index in [1.807, 2.05) is 61.2 Å². The molecule has 0 N–H and O–H groups in total. The Morgan fingerprint density at radius 1 is 1.26 bits per heavy atom. The van der Waals surface area contributed by atoms with Crippen molar-refractivity contribution in [3.05, 3.63) is 71.2 Å². The first-order valence-electron chi connectivity index (χ1n) is 10.6. The molecule has 1 aromatic carbocycles. The Morgan fingerprint density at radius 3 is 2.77 bits per heavy atom. The van der Waals surface area contributed by atoms with Crippen molar-refractivity contribution in [2.45, 2.75) is 39.3 Å². The molecule has 1 fully saturated rings. The minimum Gasteiger partial charge on any atom is -0.497 e. The fraction of sp³-hybridized carbons (Fsp3) is 0.375. The van der Waals surface area contributed by atoms with E-state index in [4.69, 9.17) is 9.47 Å². The van der Waals surface area contributed by atoms with Gasteiger partial charge in [0.1, 0.15) is 5.75 Å². The number of nitrogens with zero attached hydrogens (tertiary/aromatic N) is 4. The number of hydrogen-bond acceptors (Lipinski definition) is 5. The molecule has 0 radical (unpaired) electrons. The zero-order valence-corrected chi connectivity index (χ0v) is 18.2. The highest BCUT2D eigenvalue weighted by Crippen LogP contribution is 2.20. The highest BCUT2D eigenvalue weighted by molar-refractivity contribution is 5.94.